The number of hydrogen-bond donors (Lipinski definition) is 1. The van der Waals surface area contributed by atoms with Crippen molar-refractivity contribution in [2.45, 2.75) is 39.5 Å². The molecule has 20 heavy (non-hydrogen) atoms. The van der Waals surface area contributed by atoms with Crippen LogP contribution in [0.15, 0.2) is 0 Å². The number of nitrogens with zero attached hydrogens (tertiary/aromatic N) is 3. The van der Waals surface area contributed by atoms with E-state index in [0.29, 0.717) is 6.54 Å². The van der Waals surface area contributed by atoms with Gasteiger partial charge in [0.25, 0.3) is 0 Å². The Balaban J connectivity index is 2.90. The lowest BCUT2D eigenvalue weighted by atomic mass is 10.4. The van der Waals surface area contributed by atoms with Crippen LogP contribution in [0.3, 0.4) is 0 Å². The van der Waals surface area contributed by atoms with E-state index in [1.54, 1.807) is 6.92 Å². The predicted molar refractivity (Wildman–Crippen MR) is 65.9 cm³/mol. The van der Waals surface area contributed by atoms with Crippen molar-refractivity contribution in [3.63, 3.8) is 0 Å². The molecular formula is C11H17F3N4O2. The van der Waals surface area contributed by atoms with Crippen molar-refractivity contribution in [1.82, 2.24) is 15.0 Å². The summed E-state index contributed by atoms with van der Waals surface area (Å²) in [6.07, 6.45) is -5.70. The molecule has 0 spiro atoms. The first-order valence-electron chi connectivity index (χ1n) is 6.23. The molecule has 0 aliphatic carbocycles. The van der Waals surface area contributed by atoms with Crippen LogP contribution in [-0.4, -0.2) is 40.4 Å². The summed E-state index contributed by atoms with van der Waals surface area (Å²) in [4.78, 5) is 11.4. The second-order valence-electron chi connectivity index (χ2n) is 3.89. The molecule has 1 heterocycles. The molecule has 6 nitrogen and oxygen atoms in total. The Morgan fingerprint density at radius 2 is 1.80 bits per heavy atom. The molecule has 0 radical (unpaired) electrons. The van der Waals surface area contributed by atoms with Crippen molar-refractivity contribution >= 4 is 5.95 Å². The average Bonchev–Trinajstić information content (AvgIpc) is 2.35. The maximum atomic E-state index is 12.4. The summed E-state index contributed by atoms with van der Waals surface area (Å²) in [5.41, 5.74) is 0. The number of nitrogens with one attached hydrogen (secondary N) is 1. The van der Waals surface area contributed by atoms with Crippen LogP contribution in [0.5, 0.6) is 12.0 Å². The maximum Gasteiger partial charge on any atom is 0.425 e. The van der Waals surface area contributed by atoms with Gasteiger partial charge in [0.05, 0.1) is 6.61 Å². The van der Waals surface area contributed by atoms with Crippen LogP contribution in [0.2, 0.25) is 0 Å². The summed E-state index contributed by atoms with van der Waals surface area (Å²) in [7, 11) is 0. The molecule has 1 rings (SSSR count). The van der Waals surface area contributed by atoms with Gasteiger partial charge in [0.15, 0.2) is 6.10 Å². The minimum Gasteiger partial charge on any atom is -0.464 e. The molecule has 114 valence electrons. The van der Waals surface area contributed by atoms with Crippen molar-refractivity contribution in [2.75, 3.05) is 18.5 Å². The van der Waals surface area contributed by atoms with E-state index in [9.17, 15) is 13.2 Å². The Kier molecular flexibility index (Phi) is 5.78. The summed E-state index contributed by atoms with van der Waals surface area (Å²) < 4.78 is 47.1. The van der Waals surface area contributed by atoms with Gasteiger partial charge in [-0.2, -0.15) is 23.1 Å². The zero-order valence-electron chi connectivity index (χ0n) is 11.5. The zero-order chi connectivity index (χ0) is 15.2. The molecule has 0 fully saturated rings. The number of alkyl halides is 3. The van der Waals surface area contributed by atoms with Gasteiger partial charge in [-0.25, -0.2) is 0 Å². The Morgan fingerprint density at radius 3 is 2.35 bits per heavy atom. The van der Waals surface area contributed by atoms with Crippen molar-refractivity contribution in [3.05, 3.63) is 0 Å². The number of rotatable bonds is 7. The molecule has 1 aromatic rings. The third-order valence-corrected chi connectivity index (χ3v) is 2.14. The fraction of sp³-hybridized carbons (Fsp3) is 0.727. The summed E-state index contributed by atoms with van der Waals surface area (Å²) in [5, 5.41) is 2.84. The first-order chi connectivity index (χ1) is 9.36. The van der Waals surface area contributed by atoms with Gasteiger partial charge < -0.3 is 14.8 Å². The second-order valence-corrected chi connectivity index (χ2v) is 3.89. The number of ether oxygens (including phenoxy) is 2. The van der Waals surface area contributed by atoms with E-state index in [0.717, 1.165) is 13.3 Å². The lowest BCUT2D eigenvalue weighted by Crippen LogP contribution is -2.32. The van der Waals surface area contributed by atoms with Gasteiger partial charge in [-0.05, 0) is 20.3 Å². The first kappa shape index (κ1) is 16.3. The molecule has 1 unspecified atom stereocenters. The van der Waals surface area contributed by atoms with E-state index >= 15 is 0 Å². The lowest BCUT2D eigenvalue weighted by Gasteiger charge is -2.16. The second kappa shape index (κ2) is 7.11. The molecule has 0 aliphatic heterocycles. The van der Waals surface area contributed by atoms with Crippen LogP contribution in [-0.2, 0) is 0 Å². The van der Waals surface area contributed by atoms with Gasteiger partial charge >= 0.3 is 18.2 Å². The van der Waals surface area contributed by atoms with Crippen LogP contribution < -0.4 is 14.8 Å². The van der Waals surface area contributed by atoms with Gasteiger partial charge in [0.1, 0.15) is 0 Å². The molecule has 9 heteroatoms. The van der Waals surface area contributed by atoms with Crippen molar-refractivity contribution < 1.29 is 22.6 Å². The van der Waals surface area contributed by atoms with E-state index in [1.165, 1.54) is 0 Å². The molecule has 1 aromatic heterocycles. The quantitative estimate of drug-likeness (QED) is 0.833. The number of aromatic nitrogens is 3. The monoisotopic (exact) mass is 294 g/mol. The topological polar surface area (TPSA) is 69.2 Å². The Hall–Kier alpha value is -1.80. The van der Waals surface area contributed by atoms with Crippen molar-refractivity contribution in [3.8, 4) is 12.0 Å². The largest absolute Gasteiger partial charge is 0.464 e. The van der Waals surface area contributed by atoms with Gasteiger partial charge in [-0.3, -0.25) is 0 Å². The van der Waals surface area contributed by atoms with Crippen LogP contribution >= 0.6 is 0 Å². The molecule has 0 saturated heterocycles. The van der Waals surface area contributed by atoms with E-state index < -0.39 is 18.3 Å². The number of halogens is 3. The molecule has 1 N–H and O–H groups in total. The highest BCUT2D eigenvalue weighted by Gasteiger charge is 2.38. The number of hydrogen-bond acceptors (Lipinski definition) is 6. The smallest absolute Gasteiger partial charge is 0.425 e. The Bertz CT molecular complexity index is 429. The third kappa shape index (κ3) is 5.06. The van der Waals surface area contributed by atoms with Gasteiger partial charge in [0.2, 0.25) is 5.95 Å². The minimum absolute atomic E-state index is 0.0783. The highest BCUT2D eigenvalue weighted by atomic mass is 19.4. The SMILES string of the molecule is CCCNc1nc(OCC)nc(OC(C)C(F)(F)F)n1. The Morgan fingerprint density at radius 1 is 1.15 bits per heavy atom. The lowest BCUT2D eigenvalue weighted by molar-refractivity contribution is -0.190. The van der Waals surface area contributed by atoms with E-state index in [-0.39, 0.29) is 18.6 Å². The molecule has 0 aliphatic rings. The first-order valence-corrected chi connectivity index (χ1v) is 6.23. The molecule has 1 atom stereocenters. The standard InChI is InChI=1S/C11H17F3N4O2/c1-4-6-15-8-16-9(19-5-2)18-10(17-8)20-7(3)11(12,13)14/h7H,4-6H2,1-3H3,(H,15,16,17,18). The summed E-state index contributed by atoms with van der Waals surface area (Å²) >= 11 is 0. The predicted octanol–water partition coefficient (Wildman–Crippen LogP) is 2.42. The minimum atomic E-state index is -4.49. The summed E-state index contributed by atoms with van der Waals surface area (Å²) in [6.45, 7) is 5.38. The van der Waals surface area contributed by atoms with E-state index in [4.69, 9.17) is 4.74 Å². The van der Waals surface area contributed by atoms with Crippen molar-refractivity contribution in [2.24, 2.45) is 0 Å². The summed E-state index contributed by atoms with van der Waals surface area (Å²) in [5.74, 6) is 0.120. The highest BCUT2D eigenvalue weighted by molar-refractivity contribution is 5.27. The molecule has 0 saturated carbocycles. The summed E-state index contributed by atoms with van der Waals surface area (Å²) in [6, 6.07) is -0.502. The van der Waals surface area contributed by atoms with Gasteiger partial charge in [-0.1, -0.05) is 6.92 Å². The molecule has 0 aromatic carbocycles. The number of anilines is 1. The third-order valence-electron chi connectivity index (χ3n) is 2.14. The van der Waals surface area contributed by atoms with Gasteiger partial charge in [0, 0.05) is 6.54 Å². The fourth-order valence-electron chi connectivity index (χ4n) is 1.13. The normalized spacial score (nSPS) is 12.9. The zero-order valence-corrected chi connectivity index (χ0v) is 11.5. The van der Waals surface area contributed by atoms with Crippen LogP contribution in [0.25, 0.3) is 0 Å². The molecule has 0 bridgehead atoms. The average molecular weight is 294 g/mol. The van der Waals surface area contributed by atoms with Crippen LogP contribution in [0, 0.1) is 0 Å². The van der Waals surface area contributed by atoms with Gasteiger partial charge in [-0.15, -0.1) is 4.98 Å². The van der Waals surface area contributed by atoms with E-state index in [2.05, 4.69) is 25.0 Å². The van der Waals surface area contributed by atoms with Crippen LogP contribution in [0.4, 0.5) is 19.1 Å². The Labute approximate surface area is 114 Å². The van der Waals surface area contributed by atoms with Crippen LogP contribution in [0.1, 0.15) is 27.2 Å². The van der Waals surface area contributed by atoms with Crippen molar-refractivity contribution in [1.29, 1.82) is 0 Å². The highest BCUT2D eigenvalue weighted by Crippen LogP contribution is 2.24. The molecular weight excluding hydrogens is 277 g/mol. The van der Waals surface area contributed by atoms with E-state index in [1.807, 2.05) is 6.92 Å². The molecule has 0 amide bonds. The fourth-order valence-corrected chi connectivity index (χ4v) is 1.13. The maximum absolute atomic E-state index is 12.4.